The fourth-order valence-electron chi connectivity index (χ4n) is 8.60. The second-order valence-corrected chi connectivity index (χ2v) is 12.5. The van der Waals surface area contributed by atoms with Crippen LogP contribution in [0.2, 0.25) is 0 Å². The minimum absolute atomic E-state index is 0.327. The fourth-order valence-corrected chi connectivity index (χ4v) is 8.92. The molecule has 4 aliphatic carbocycles. The molecule has 3 saturated carbocycles. The predicted molar refractivity (Wildman–Crippen MR) is 126 cm³/mol. The molecule has 0 aromatic carbocycles. The fraction of sp³-hybridized carbons (Fsp3) is 0.889. The molecule has 0 radical (unpaired) electrons. The summed E-state index contributed by atoms with van der Waals surface area (Å²) >= 11 is 3.64. The number of allylic oxidation sites excluding steroid dienone is 1. The molecule has 1 unspecified atom stereocenters. The lowest BCUT2D eigenvalue weighted by Crippen LogP contribution is -2.50. The maximum Gasteiger partial charge on any atom is 0.155 e. The van der Waals surface area contributed by atoms with E-state index < -0.39 is 0 Å². The van der Waals surface area contributed by atoms with Crippen molar-refractivity contribution in [2.75, 3.05) is 5.33 Å². The molecule has 4 aliphatic rings. The number of ketones is 1. The van der Waals surface area contributed by atoms with Gasteiger partial charge >= 0.3 is 0 Å². The molecule has 0 aromatic heterocycles. The van der Waals surface area contributed by atoms with Crippen LogP contribution in [0.3, 0.4) is 0 Å². The molecule has 0 bridgehead atoms. The van der Waals surface area contributed by atoms with Gasteiger partial charge in [0.25, 0.3) is 0 Å². The molecular weight excluding hydrogens is 420 g/mol. The summed E-state index contributed by atoms with van der Waals surface area (Å²) in [4.78, 5) is 12.0. The number of rotatable bonds is 6. The van der Waals surface area contributed by atoms with Crippen LogP contribution in [0, 0.1) is 46.3 Å². The second-order valence-electron chi connectivity index (χ2n) is 11.9. The Morgan fingerprint density at radius 2 is 1.83 bits per heavy atom. The topological polar surface area (TPSA) is 17.1 Å². The van der Waals surface area contributed by atoms with E-state index in [-0.39, 0.29) is 0 Å². The standard InChI is InChI=1S/C27H43BrO/c1-18(17-28)6-5-7-19(2)23-10-11-24-22-9-8-20-16-21(29)12-14-26(20,3)25(22)13-15-27(23,24)4/h16,18-19,22-25H,5-15,17H2,1-4H3/t18?,19-,22+,23-,24+,25+,26+,27-/m1/s1. The zero-order valence-corrected chi connectivity index (χ0v) is 20.9. The predicted octanol–water partition coefficient (Wildman–Crippen LogP) is 7.97. The van der Waals surface area contributed by atoms with Gasteiger partial charge in [0.15, 0.2) is 5.78 Å². The quantitative estimate of drug-likeness (QED) is 0.365. The van der Waals surface area contributed by atoms with Gasteiger partial charge in [0.05, 0.1) is 0 Å². The second kappa shape index (κ2) is 8.44. The summed E-state index contributed by atoms with van der Waals surface area (Å²) in [5, 5.41) is 1.15. The summed E-state index contributed by atoms with van der Waals surface area (Å²) in [6, 6.07) is 0. The zero-order valence-electron chi connectivity index (χ0n) is 19.3. The van der Waals surface area contributed by atoms with E-state index in [1.54, 1.807) is 0 Å². The summed E-state index contributed by atoms with van der Waals surface area (Å²) in [7, 11) is 0. The van der Waals surface area contributed by atoms with Crippen molar-refractivity contribution in [3.8, 4) is 0 Å². The van der Waals surface area contributed by atoms with Crippen LogP contribution < -0.4 is 0 Å². The molecule has 29 heavy (non-hydrogen) atoms. The number of halogens is 1. The van der Waals surface area contributed by atoms with E-state index in [1.807, 2.05) is 0 Å². The molecule has 2 heteroatoms. The summed E-state index contributed by atoms with van der Waals surface area (Å²) in [5.74, 6) is 5.71. The summed E-state index contributed by atoms with van der Waals surface area (Å²) in [6.07, 6.45) is 16.5. The molecule has 0 aliphatic heterocycles. The van der Waals surface area contributed by atoms with Gasteiger partial charge in [-0.15, -0.1) is 0 Å². The highest BCUT2D eigenvalue weighted by molar-refractivity contribution is 9.09. The van der Waals surface area contributed by atoms with Crippen LogP contribution in [0.4, 0.5) is 0 Å². The Morgan fingerprint density at radius 3 is 2.59 bits per heavy atom. The Hall–Kier alpha value is -0.110. The first-order chi connectivity index (χ1) is 13.8. The first-order valence-electron chi connectivity index (χ1n) is 12.6. The third-order valence-corrected chi connectivity index (χ3v) is 11.4. The average molecular weight is 464 g/mol. The lowest BCUT2D eigenvalue weighted by atomic mass is 9.46. The minimum Gasteiger partial charge on any atom is -0.295 e. The lowest BCUT2D eigenvalue weighted by Gasteiger charge is -2.58. The highest BCUT2D eigenvalue weighted by Gasteiger charge is 2.59. The van der Waals surface area contributed by atoms with E-state index in [0.29, 0.717) is 16.6 Å². The molecule has 0 spiro atoms. The van der Waals surface area contributed by atoms with Gasteiger partial charge in [0.1, 0.15) is 0 Å². The van der Waals surface area contributed by atoms with Crippen molar-refractivity contribution < 1.29 is 4.79 Å². The van der Waals surface area contributed by atoms with Crippen molar-refractivity contribution in [3.63, 3.8) is 0 Å². The van der Waals surface area contributed by atoms with E-state index >= 15 is 0 Å². The molecule has 0 saturated heterocycles. The monoisotopic (exact) mass is 462 g/mol. The van der Waals surface area contributed by atoms with E-state index in [9.17, 15) is 4.79 Å². The number of hydrogen-bond acceptors (Lipinski definition) is 1. The average Bonchev–Trinajstić information content (AvgIpc) is 3.05. The SMILES string of the molecule is CC(CBr)CCC[C@@H](C)[C@H]1CC[C@H]2[C@@H]3CCC4=CC(=O)CC[C@]4(C)[C@H]3CC[C@]12C. The number of carbonyl (C=O) groups is 1. The number of carbonyl (C=O) groups excluding carboxylic acids is 1. The van der Waals surface area contributed by atoms with E-state index in [4.69, 9.17) is 0 Å². The van der Waals surface area contributed by atoms with Crippen LogP contribution in [0.15, 0.2) is 11.6 Å². The first-order valence-corrected chi connectivity index (χ1v) is 13.7. The van der Waals surface area contributed by atoms with Crippen LogP contribution in [0.25, 0.3) is 0 Å². The van der Waals surface area contributed by atoms with Crippen LogP contribution in [0.1, 0.15) is 98.3 Å². The molecule has 164 valence electrons. The molecule has 0 heterocycles. The maximum atomic E-state index is 12.0. The molecule has 0 amide bonds. The van der Waals surface area contributed by atoms with Gasteiger partial charge in [-0.25, -0.2) is 0 Å². The smallest absolute Gasteiger partial charge is 0.155 e. The zero-order chi connectivity index (χ0) is 20.8. The highest BCUT2D eigenvalue weighted by atomic mass is 79.9. The Kier molecular flexibility index (Phi) is 6.43. The molecule has 4 rings (SSSR count). The Bertz CT molecular complexity index is 653. The van der Waals surface area contributed by atoms with Crippen LogP contribution in [0.5, 0.6) is 0 Å². The van der Waals surface area contributed by atoms with Crippen molar-refractivity contribution in [3.05, 3.63) is 11.6 Å². The summed E-state index contributed by atoms with van der Waals surface area (Å²) in [6.45, 7) is 10.1. The summed E-state index contributed by atoms with van der Waals surface area (Å²) < 4.78 is 0. The van der Waals surface area contributed by atoms with Gasteiger partial charge in [-0.05, 0) is 104 Å². The number of alkyl halides is 1. The molecule has 0 aromatic rings. The summed E-state index contributed by atoms with van der Waals surface area (Å²) in [5.41, 5.74) is 2.42. The Balaban J connectivity index is 1.46. The van der Waals surface area contributed by atoms with Crippen molar-refractivity contribution >= 4 is 21.7 Å². The third-order valence-electron chi connectivity index (χ3n) is 10.3. The van der Waals surface area contributed by atoms with Gasteiger partial charge in [-0.1, -0.05) is 62.0 Å². The number of hydrogen-bond donors (Lipinski definition) is 0. The molecule has 3 fully saturated rings. The normalized spacial score (nSPS) is 43.8. The molecule has 0 N–H and O–H groups in total. The van der Waals surface area contributed by atoms with Crippen molar-refractivity contribution in [1.29, 1.82) is 0 Å². The molecule has 1 nitrogen and oxygen atoms in total. The van der Waals surface area contributed by atoms with Gasteiger partial charge < -0.3 is 0 Å². The van der Waals surface area contributed by atoms with E-state index in [2.05, 4.69) is 49.7 Å². The lowest BCUT2D eigenvalue weighted by molar-refractivity contribution is -0.117. The van der Waals surface area contributed by atoms with Crippen molar-refractivity contribution in [1.82, 2.24) is 0 Å². The Morgan fingerprint density at radius 1 is 1.03 bits per heavy atom. The van der Waals surface area contributed by atoms with Crippen molar-refractivity contribution in [2.24, 2.45) is 46.3 Å². The van der Waals surface area contributed by atoms with E-state index in [1.165, 1.54) is 63.4 Å². The molecule has 8 atom stereocenters. The largest absolute Gasteiger partial charge is 0.295 e. The third kappa shape index (κ3) is 3.83. The van der Waals surface area contributed by atoms with Crippen LogP contribution >= 0.6 is 15.9 Å². The Labute approximate surface area is 188 Å². The minimum atomic E-state index is 0.327. The van der Waals surface area contributed by atoms with Crippen LogP contribution in [-0.4, -0.2) is 11.1 Å². The van der Waals surface area contributed by atoms with Gasteiger partial charge in [-0.2, -0.15) is 0 Å². The number of fused-ring (bicyclic) bond motifs is 5. The van der Waals surface area contributed by atoms with Gasteiger partial charge in [-0.3, -0.25) is 4.79 Å². The molecular formula is C27H43BrO. The van der Waals surface area contributed by atoms with Crippen molar-refractivity contribution in [2.45, 2.75) is 98.3 Å². The maximum absolute atomic E-state index is 12.0. The van der Waals surface area contributed by atoms with Crippen LogP contribution in [-0.2, 0) is 4.79 Å². The van der Waals surface area contributed by atoms with Gasteiger partial charge in [0.2, 0.25) is 0 Å². The first kappa shape index (κ1) is 22.1. The van der Waals surface area contributed by atoms with E-state index in [0.717, 1.165) is 53.7 Å². The highest BCUT2D eigenvalue weighted by Crippen LogP contribution is 2.67. The van der Waals surface area contributed by atoms with Gasteiger partial charge in [0, 0.05) is 11.8 Å².